The third-order valence-electron chi connectivity index (χ3n) is 2.92. The largest absolute Gasteiger partial charge is 0.508 e. The first kappa shape index (κ1) is 13.8. The molecule has 0 saturated heterocycles. The van der Waals surface area contributed by atoms with Gasteiger partial charge in [0.05, 0.1) is 6.21 Å². The van der Waals surface area contributed by atoms with Crippen molar-refractivity contribution in [1.82, 2.24) is 5.43 Å². The van der Waals surface area contributed by atoms with Crippen LogP contribution in [-0.2, 0) is 0 Å². The van der Waals surface area contributed by atoms with Gasteiger partial charge in [-0.25, -0.2) is 5.43 Å². The van der Waals surface area contributed by atoms with E-state index in [1.165, 1.54) is 29.8 Å². The number of carbonyl (C=O) groups excluding carboxylic acids is 1. The van der Waals surface area contributed by atoms with E-state index in [-0.39, 0.29) is 11.7 Å². The van der Waals surface area contributed by atoms with Crippen LogP contribution in [0.1, 0.15) is 27.0 Å². The quantitative estimate of drug-likeness (QED) is 0.664. The predicted molar refractivity (Wildman–Crippen MR) is 79.1 cm³/mol. The number of phenolic OH excluding ortho intramolecular Hbond substituents is 1. The van der Waals surface area contributed by atoms with Crippen LogP contribution in [0.15, 0.2) is 47.6 Å². The van der Waals surface area contributed by atoms with Gasteiger partial charge in [0.25, 0.3) is 5.91 Å². The summed E-state index contributed by atoms with van der Waals surface area (Å²) in [6, 6.07) is 12.0. The van der Waals surface area contributed by atoms with E-state index >= 15 is 0 Å². The van der Waals surface area contributed by atoms with E-state index in [1.807, 2.05) is 26.0 Å². The number of aryl methyl sites for hydroxylation is 2. The van der Waals surface area contributed by atoms with Gasteiger partial charge in [-0.2, -0.15) is 5.10 Å². The molecule has 2 rings (SSSR count). The lowest BCUT2D eigenvalue weighted by atomic mass is 10.1. The Bertz CT molecular complexity index is 646. The molecule has 2 aromatic rings. The highest BCUT2D eigenvalue weighted by atomic mass is 16.3. The molecule has 2 N–H and O–H groups in total. The maximum Gasteiger partial charge on any atom is 0.271 e. The van der Waals surface area contributed by atoms with Gasteiger partial charge in [0.1, 0.15) is 5.75 Å². The van der Waals surface area contributed by atoms with Gasteiger partial charge < -0.3 is 5.11 Å². The minimum atomic E-state index is -0.314. The molecule has 0 heterocycles. The molecule has 20 heavy (non-hydrogen) atoms. The van der Waals surface area contributed by atoms with E-state index in [1.54, 1.807) is 6.21 Å². The minimum absolute atomic E-state index is 0.125. The fourth-order valence-corrected chi connectivity index (χ4v) is 1.81. The third-order valence-corrected chi connectivity index (χ3v) is 2.92. The van der Waals surface area contributed by atoms with Crippen molar-refractivity contribution in [2.75, 3.05) is 0 Å². The minimum Gasteiger partial charge on any atom is -0.508 e. The second-order valence-corrected chi connectivity index (χ2v) is 4.61. The monoisotopic (exact) mass is 268 g/mol. The van der Waals surface area contributed by atoms with Crippen LogP contribution < -0.4 is 5.43 Å². The van der Waals surface area contributed by atoms with Crippen LogP contribution in [0.5, 0.6) is 5.75 Å². The summed E-state index contributed by atoms with van der Waals surface area (Å²) in [6.07, 6.45) is 1.62. The normalized spacial score (nSPS) is 10.7. The smallest absolute Gasteiger partial charge is 0.271 e. The molecule has 0 fully saturated rings. The van der Waals surface area contributed by atoms with Crippen LogP contribution in [-0.4, -0.2) is 17.2 Å². The number of rotatable bonds is 3. The number of hydrazone groups is 1. The molecule has 0 saturated carbocycles. The summed E-state index contributed by atoms with van der Waals surface area (Å²) in [4.78, 5) is 11.8. The van der Waals surface area contributed by atoms with Crippen molar-refractivity contribution in [1.29, 1.82) is 0 Å². The number of aromatic hydroxyl groups is 1. The second kappa shape index (κ2) is 6.02. The average Bonchev–Trinajstić information content (AvgIpc) is 2.42. The number of nitrogens with one attached hydrogen (secondary N) is 1. The van der Waals surface area contributed by atoms with Gasteiger partial charge in [0.2, 0.25) is 0 Å². The number of amides is 1. The molecule has 4 heteroatoms. The Labute approximate surface area is 117 Å². The van der Waals surface area contributed by atoms with E-state index < -0.39 is 0 Å². The number of hydrogen-bond acceptors (Lipinski definition) is 3. The lowest BCUT2D eigenvalue weighted by molar-refractivity contribution is 0.0955. The molecule has 0 atom stereocenters. The van der Waals surface area contributed by atoms with Crippen molar-refractivity contribution in [2.45, 2.75) is 13.8 Å². The zero-order chi connectivity index (χ0) is 14.5. The highest BCUT2D eigenvalue weighted by molar-refractivity contribution is 5.95. The van der Waals surface area contributed by atoms with Gasteiger partial charge >= 0.3 is 0 Å². The maximum atomic E-state index is 11.8. The van der Waals surface area contributed by atoms with Crippen molar-refractivity contribution in [3.63, 3.8) is 0 Å². The summed E-state index contributed by atoms with van der Waals surface area (Å²) in [5.74, 6) is -0.189. The first-order chi connectivity index (χ1) is 9.56. The van der Waals surface area contributed by atoms with E-state index in [0.29, 0.717) is 5.56 Å². The molecule has 102 valence electrons. The number of benzene rings is 2. The summed E-state index contributed by atoms with van der Waals surface area (Å²) in [5.41, 5.74) is 6.15. The van der Waals surface area contributed by atoms with Crippen LogP contribution >= 0.6 is 0 Å². The van der Waals surface area contributed by atoms with Gasteiger partial charge in [-0.3, -0.25) is 4.79 Å². The Morgan fingerprint density at radius 2 is 1.85 bits per heavy atom. The Balaban J connectivity index is 2.02. The summed E-state index contributed by atoms with van der Waals surface area (Å²) in [5, 5.41) is 13.1. The lowest BCUT2D eigenvalue weighted by Crippen LogP contribution is -2.17. The molecule has 0 aliphatic rings. The van der Waals surface area contributed by atoms with E-state index in [9.17, 15) is 4.79 Å². The summed E-state index contributed by atoms with van der Waals surface area (Å²) >= 11 is 0. The zero-order valence-electron chi connectivity index (χ0n) is 11.4. The van der Waals surface area contributed by atoms with Gasteiger partial charge in [0.15, 0.2) is 0 Å². The molecule has 0 aromatic heterocycles. The van der Waals surface area contributed by atoms with Gasteiger partial charge in [-0.05, 0) is 49.2 Å². The SMILES string of the molecule is Cc1ccc(C=NNC(=O)c2ccc(O)cc2)c(C)c1. The first-order valence-corrected chi connectivity index (χ1v) is 6.26. The van der Waals surface area contributed by atoms with Crippen LogP contribution in [0.2, 0.25) is 0 Å². The molecule has 0 bridgehead atoms. The predicted octanol–water partition coefficient (Wildman–Crippen LogP) is 2.77. The zero-order valence-corrected chi connectivity index (χ0v) is 11.4. The topological polar surface area (TPSA) is 61.7 Å². The van der Waals surface area contributed by atoms with Crippen molar-refractivity contribution in [3.05, 3.63) is 64.7 Å². The molecule has 0 unspecified atom stereocenters. The van der Waals surface area contributed by atoms with Crippen molar-refractivity contribution in [3.8, 4) is 5.75 Å². The lowest BCUT2D eigenvalue weighted by Gasteiger charge is -2.02. The molecule has 4 nitrogen and oxygen atoms in total. The summed E-state index contributed by atoms with van der Waals surface area (Å²) < 4.78 is 0. The Morgan fingerprint density at radius 3 is 2.50 bits per heavy atom. The van der Waals surface area contributed by atoms with Gasteiger partial charge in [-0.15, -0.1) is 0 Å². The van der Waals surface area contributed by atoms with Crippen LogP contribution in [0.25, 0.3) is 0 Å². The molecular weight excluding hydrogens is 252 g/mol. The van der Waals surface area contributed by atoms with Gasteiger partial charge in [0, 0.05) is 5.56 Å². The van der Waals surface area contributed by atoms with Crippen molar-refractivity contribution < 1.29 is 9.90 Å². The fourth-order valence-electron chi connectivity index (χ4n) is 1.81. The van der Waals surface area contributed by atoms with E-state index in [2.05, 4.69) is 16.6 Å². The standard InChI is InChI=1S/C16H16N2O2/c1-11-3-4-14(12(2)9-11)10-17-18-16(20)13-5-7-15(19)8-6-13/h3-10,19H,1-2H3,(H,18,20). The molecule has 0 aliphatic carbocycles. The second-order valence-electron chi connectivity index (χ2n) is 4.61. The highest BCUT2D eigenvalue weighted by Gasteiger charge is 2.03. The van der Waals surface area contributed by atoms with E-state index in [0.717, 1.165) is 11.1 Å². The van der Waals surface area contributed by atoms with Gasteiger partial charge in [-0.1, -0.05) is 23.8 Å². The molecule has 0 spiro atoms. The Morgan fingerprint density at radius 1 is 1.15 bits per heavy atom. The highest BCUT2D eigenvalue weighted by Crippen LogP contribution is 2.10. The number of phenols is 1. The number of hydrogen-bond donors (Lipinski definition) is 2. The van der Waals surface area contributed by atoms with Crippen molar-refractivity contribution >= 4 is 12.1 Å². The van der Waals surface area contributed by atoms with Crippen LogP contribution in [0.4, 0.5) is 0 Å². The summed E-state index contributed by atoms with van der Waals surface area (Å²) in [6.45, 7) is 4.02. The van der Waals surface area contributed by atoms with Crippen LogP contribution in [0.3, 0.4) is 0 Å². The molecule has 0 radical (unpaired) electrons. The average molecular weight is 268 g/mol. The molecule has 2 aromatic carbocycles. The fraction of sp³-hybridized carbons (Fsp3) is 0.125. The van der Waals surface area contributed by atoms with Crippen molar-refractivity contribution in [2.24, 2.45) is 5.10 Å². The first-order valence-electron chi connectivity index (χ1n) is 6.26. The van der Waals surface area contributed by atoms with Crippen LogP contribution in [0, 0.1) is 13.8 Å². The number of nitrogens with zero attached hydrogens (tertiary/aromatic N) is 1. The Kier molecular flexibility index (Phi) is 4.15. The Hall–Kier alpha value is -2.62. The third kappa shape index (κ3) is 3.45. The van der Waals surface area contributed by atoms with E-state index in [4.69, 9.17) is 5.11 Å². The number of carbonyl (C=O) groups is 1. The maximum absolute atomic E-state index is 11.8. The molecule has 1 amide bonds. The summed E-state index contributed by atoms with van der Waals surface area (Å²) in [7, 11) is 0. The molecular formula is C16H16N2O2. The molecule has 0 aliphatic heterocycles.